The summed E-state index contributed by atoms with van der Waals surface area (Å²) in [6.45, 7) is 0. The van der Waals surface area contributed by atoms with Crippen molar-refractivity contribution in [2.45, 2.75) is 6.29 Å². The van der Waals surface area contributed by atoms with Crippen molar-refractivity contribution in [3.8, 4) is 0 Å². The van der Waals surface area contributed by atoms with Gasteiger partial charge in [0.1, 0.15) is 0 Å². The maximum Gasteiger partial charge on any atom is 0.238 e. The van der Waals surface area contributed by atoms with Gasteiger partial charge in [-0.25, -0.2) is 14.0 Å². The molecule has 0 aliphatic carbocycles. The van der Waals surface area contributed by atoms with Crippen molar-refractivity contribution in [1.29, 1.82) is 0 Å². The van der Waals surface area contributed by atoms with Crippen molar-refractivity contribution >= 4 is 15.9 Å². The van der Waals surface area contributed by atoms with Gasteiger partial charge in [-0.2, -0.15) is 15.3 Å². The van der Waals surface area contributed by atoms with E-state index in [1.54, 1.807) is 32.6 Å². The summed E-state index contributed by atoms with van der Waals surface area (Å²) in [5, 5.41) is 12.8. The largest absolute Gasteiger partial charge is 0.238 e. The fourth-order valence-corrected chi connectivity index (χ4v) is 1.94. The van der Waals surface area contributed by atoms with E-state index in [0.29, 0.717) is 0 Å². The summed E-state index contributed by atoms with van der Waals surface area (Å²) in [7, 11) is 0. The molecule has 17 heavy (non-hydrogen) atoms. The summed E-state index contributed by atoms with van der Waals surface area (Å²) in [6.07, 6.45) is 10.6. The number of nitrogens with zero attached hydrogens (tertiary/aromatic N) is 6. The number of hydrogen-bond acceptors (Lipinski definition) is 3. The Balaban J connectivity index is 2.09. The van der Waals surface area contributed by atoms with Crippen LogP contribution in [0.25, 0.3) is 0 Å². The first-order valence-corrected chi connectivity index (χ1v) is 5.82. The standard InChI is InChI=1S/C10H9BrN6/c11-9-7-14-17(8-9)10(15-5-1-3-12-15)16-6-2-4-13-16/h1-8,10H. The van der Waals surface area contributed by atoms with Crippen molar-refractivity contribution in [2.24, 2.45) is 0 Å². The van der Waals surface area contributed by atoms with E-state index in [4.69, 9.17) is 0 Å². The fraction of sp³-hybridized carbons (Fsp3) is 0.100. The van der Waals surface area contributed by atoms with Crippen LogP contribution >= 0.6 is 15.9 Å². The van der Waals surface area contributed by atoms with E-state index in [-0.39, 0.29) is 6.29 Å². The van der Waals surface area contributed by atoms with Gasteiger partial charge in [-0.1, -0.05) is 0 Å². The summed E-state index contributed by atoms with van der Waals surface area (Å²) in [4.78, 5) is 0. The molecule has 0 radical (unpaired) electrons. The lowest BCUT2D eigenvalue weighted by molar-refractivity contribution is 0.284. The molecule has 3 aromatic rings. The third-order valence-electron chi connectivity index (χ3n) is 2.33. The molecule has 0 saturated carbocycles. The molecular formula is C10H9BrN6. The molecule has 3 aromatic heterocycles. The van der Waals surface area contributed by atoms with Crippen LogP contribution in [0.4, 0.5) is 0 Å². The molecule has 0 atom stereocenters. The Labute approximate surface area is 106 Å². The molecule has 0 aliphatic heterocycles. The summed E-state index contributed by atoms with van der Waals surface area (Å²) < 4.78 is 6.27. The normalized spacial score (nSPS) is 11.2. The van der Waals surface area contributed by atoms with Crippen LogP contribution < -0.4 is 0 Å². The van der Waals surface area contributed by atoms with E-state index in [9.17, 15) is 0 Å². The minimum atomic E-state index is -0.230. The lowest BCUT2D eigenvalue weighted by atomic mass is 10.7. The highest BCUT2D eigenvalue weighted by molar-refractivity contribution is 9.10. The van der Waals surface area contributed by atoms with Crippen LogP contribution in [0.2, 0.25) is 0 Å². The number of aromatic nitrogens is 6. The number of halogens is 1. The van der Waals surface area contributed by atoms with E-state index in [1.807, 2.05) is 30.7 Å². The fourth-order valence-electron chi connectivity index (χ4n) is 1.64. The second-order valence-electron chi connectivity index (χ2n) is 3.46. The summed E-state index contributed by atoms with van der Waals surface area (Å²) in [5.41, 5.74) is 0. The van der Waals surface area contributed by atoms with Gasteiger partial charge in [0, 0.05) is 31.0 Å². The highest BCUT2D eigenvalue weighted by atomic mass is 79.9. The van der Waals surface area contributed by atoms with E-state index < -0.39 is 0 Å². The van der Waals surface area contributed by atoms with E-state index in [1.165, 1.54) is 0 Å². The lowest BCUT2D eigenvalue weighted by Gasteiger charge is -2.18. The Morgan fingerprint density at radius 3 is 2.00 bits per heavy atom. The Bertz CT molecular complexity index is 548. The predicted octanol–water partition coefficient (Wildman–Crippen LogP) is 1.59. The monoisotopic (exact) mass is 292 g/mol. The molecule has 0 saturated heterocycles. The van der Waals surface area contributed by atoms with Crippen LogP contribution in [0, 0.1) is 0 Å². The topological polar surface area (TPSA) is 53.5 Å². The first kappa shape index (κ1) is 10.3. The lowest BCUT2D eigenvalue weighted by Crippen LogP contribution is -2.27. The van der Waals surface area contributed by atoms with Crippen LogP contribution in [0.1, 0.15) is 6.29 Å². The van der Waals surface area contributed by atoms with Gasteiger partial charge in [-0.15, -0.1) is 0 Å². The quantitative estimate of drug-likeness (QED) is 0.737. The number of hydrogen-bond donors (Lipinski definition) is 0. The third-order valence-corrected chi connectivity index (χ3v) is 2.74. The second-order valence-corrected chi connectivity index (χ2v) is 4.37. The molecule has 0 fully saturated rings. The Kier molecular flexibility index (Phi) is 2.52. The van der Waals surface area contributed by atoms with Crippen molar-refractivity contribution in [2.75, 3.05) is 0 Å². The molecule has 0 spiro atoms. The highest BCUT2D eigenvalue weighted by Crippen LogP contribution is 2.14. The maximum atomic E-state index is 4.28. The van der Waals surface area contributed by atoms with Gasteiger partial charge in [0.15, 0.2) is 0 Å². The van der Waals surface area contributed by atoms with Crippen LogP contribution in [0.15, 0.2) is 53.8 Å². The molecule has 7 heteroatoms. The SMILES string of the molecule is Brc1cnn(C(n2cccn2)n2cccn2)c1. The predicted molar refractivity (Wildman–Crippen MR) is 64.2 cm³/mol. The van der Waals surface area contributed by atoms with Crippen molar-refractivity contribution < 1.29 is 0 Å². The van der Waals surface area contributed by atoms with Crippen LogP contribution in [-0.2, 0) is 0 Å². The summed E-state index contributed by atoms with van der Waals surface area (Å²) in [6, 6.07) is 3.74. The zero-order valence-corrected chi connectivity index (χ0v) is 10.3. The van der Waals surface area contributed by atoms with Crippen molar-refractivity contribution in [3.63, 3.8) is 0 Å². The molecule has 0 bridgehead atoms. The molecule has 0 unspecified atom stereocenters. The van der Waals surface area contributed by atoms with Crippen LogP contribution in [0.5, 0.6) is 0 Å². The molecule has 0 aromatic carbocycles. The number of rotatable bonds is 3. The summed E-state index contributed by atoms with van der Waals surface area (Å²) in [5.74, 6) is 0. The van der Waals surface area contributed by atoms with Gasteiger partial charge in [-0.05, 0) is 28.1 Å². The second kappa shape index (κ2) is 4.17. The minimum Gasteiger partial charge on any atom is -0.227 e. The molecular weight excluding hydrogens is 284 g/mol. The Hall–Kier alpha value is -1.89. The Morgan fingerprint density at radius 1 is 0.941 bits per heavy atom. The van der Waals surface area contributed by atoms with Crippen LogP contribution in [0.3, 0.4) is 0 Å². The molecule has 3 heterocycles. The zero-order chi connectivity index (χ0) is 11.7. The smallest absolute Gasteiger partial charge is 0.227 e. The van der Waals surface area contributed by atoms with Crippen LogP contribution in [-0.4, -0.2) is 29.3 Å². The highest BCUT2D eigenvalue weighted by Gasteiger charge is 2.16. The van der Waals surface area contributed by atoms with Gasteiger partial charge in [-0.3, -0.25) is 0 Å². The first-order valence-electron chi connectivity index (χ1n) is 5.02. The van der Waals surface area contributed by atoms with Crippen molar-refractivity contribution in [3.05, 3.63) is 53.8 Å². The summed E-state index contributed by atoms with van der Waals surface area (Å²) >= 11 is 3.38. The molecule has 0 amide bonds. The average molecular weight is 293 g/mol. The third kappa shape index (κ3) is 1.89. The van der Waals surface area contributed by atoms with E-state index >= 15 is 0 Å². The van der Waals surface area contributed by atoms with Gasteiger partial charge < -0.3 is 0 Å². The van der Waals surface area contributed by atoms with Gasteiger partial charge in [0.25, 0.3) is 0 Å². The first-order chi connectivity index (χ1) is 8.34. The zero-order valence-electron chi connectivity index (χ0n) is 8.76. The van der Waals surface area contributed by atoms with Gasteiger partial charge >= 0.3 is 0 Å². The maximum absolute atomic E-state index is 4.28. The van der Waals surface area contributed by atoms with Gasteiger partial charge in [0.2, 0.25) is 6.29 Å². The van der Waals surface area contributed by atoms with E-state index in [0.717, 1.165) is 4.47 Å². The molecule has 0 N–H and O–H groups in total. The average Bonchev–Trinajstić information content (AvgIpc) is 3.02. The Morgan fingerprint density at radius 2 is 1.59 bits per heavy atom. The molecule has 0 aliphatic rings. The molecule has 6 nitrogen and oxygen atoms in total. The molecule has 3 rings (SSSR count). The van der Waals surface area contributed by atoms with Crippen molar-refractivity contribution in [1.82, 2.24) is 29.3 Å². The molecule has 86 valence electrons. The minimum absolute atomic E-state index is 0.230. The van der Waals surface area contributed by atoms with Gasteiger partial charge in [0.05, 0.1) is 10.7 Å². The van der Waals surface area contributed by atoms with E-state index in [2.05, 4.69) is 31.2 Å².